The van der Waals surface area contributed by atoms with Crippen LogP contribution in [0.2, 0.25) is 0 Å². The number of morpholine rings is 1. The third-order valence-electron chi connectivity index (χ3n) is 4.96. The van der Waals surface area contributed by atoms with Gasteiger partial charge in [-0.3, -0.25) is 4.99 Å². The minimum Gasteiger partial charge on any atom is -0.378 e. The normalized spacial score (nSPS) is 14.6. The largest absolute Gasteiger partial charge is 0.378 e. The molecular formula is C24H24N2O. The highest BCUT2D eigenvalue weighted by Crippen LogP contribution is 2.23. The molecule has 1 aliphatic heterocycles. The van der Waals surface area contributed by atoms with E-state index in [4.69, 9.17) is 4.74 Å². The Balaban J connectivity index is 1.47. The highest BCUT2D eigenvalue weighted by Gasteiger charge is 2.11. The summed E-state index contributed by atoms with van der Waals surface area (Å²) in [7, 11) is 0. The lowest BCUT2D eigenvalue weighted by molar-refractivity contribution is 0.122. The van der Waals surface area contributed by atoms with Gasteiger partial charge >= 0.3 is 0 Å². The minimum atomic E-state index is 0.807. The third-order valence-corrected chi connectivity index (χ3v) is 4.96. The number of aryl methyl sites for hydroxylation is 1. The van der Waals surface area contributed by atoms with Gasteiger partial charge in [0.15, 0.2) is 0 Å². The molecule has 1 aliphatic rings. The average Bonchev–Trinajstić information content (AvgIpc) is 2.74. The SMILES string of the molecule is Cc1cc(N2CCOCC2)ccc1C=Nc1ccc(-c2ccccc2)cc1. The van der Waals surface area contributed by atoms with Gasteiger partial charge in [0.05, 0.1) is 18.9 Å². The van der Waals surface area contributed by atoms with E-state index in [1.807, 2.05) is 12.3 Å². The molecule has 0 bridgehead atoms. The molecule has 0 radical (unpaired) electrons. The maximum atomic E-state index is 5.44. The van der Waals surface area contributed by atoms with Crippen LogP contribution in [0.3, 0.4) is 0 Å². The van der Waals surface area contributed by atoms with Crippen LogP contribution in [0.25, 0.3) is 11.1 Å². The van der Waals surface area contributed by atoms with E-state index in [-0.39, 0.29) is 0 Å². The van der Waals surface area contributed by atoms with Crippen LogP contribution < -0.4 is 4.90 Å². The van der Waals surface area contributed by atoms with Crippen molar-refractivity contribution >= 4 is 17.6 Å². The molecule has 1 fully saturated rings. The number of hydrogen-bond donors (Lipinski definition) is 0. The fraction of sp³-hybridized carbons (Fsp3) is 0.208. The molecule has 4 rings (SSSR count). The predicted octanol–water partition coefficient (Wildman–Crippen LogP) is 5.25. The quantitative estimate of drug-likeness (QED) is 0.597. The van der Waals surface area contributed by atoms with Gasteiger partial charge in [-0.2, -0.15) is 0 Å². The van der Waals surface area contributed by atoms with Gasteiger partial charge in [-0.25, -0.2) is 0 Å². The Morgan fingerprint density at radius 2 is 1.56 bits per heavy atom. The Morgan fingerprint density at radius 3 is 2.26 bits per heavy atom. The number of ether oxygens (including phenoxy) is 1. The van der Waals surface area contributed by atoms with Crippen molar-refractivity contribution in [2.75, 3.05) is 31.2 Å². The van der Waals surface area contributed by atoms with E-state index in [1.54, 1.807) is 0 Å². The van der Waals surface area contributed by atoms with E-state index in [1.165, 1.54) is 22.4 Å². The van der Waals surface area contributed by atoms with Crippen LogP contribution in [0.4, 0.5) is 11.4 Å². The molecule has 1 heterocycles. The first-order valence-corrected chi connectivity index (χ1v) is 9.42. The highest BCUT2D eigenvalue weighted by molar-refractivity contribution is 5.85. The number of rotatable bonds is 4. The van der Waals surface area contributed by atoms with Crippen LogP contribution in [0.5, 0.6) is 0 Å². The Morgan fingerprint density at radius 1 is 0.852 bits per heavy atom. The smallest absolute Gasteiger partial charge is 0.0642 e. The third kappa shape index (κ3) is 4.26. The van der Waals surface area contributed by atoms with Gasteiger partial charge in [-0.15, -0.1) is 0 Å². The summed E-state index contributed by atoms with van der Waals surface area (Å²) in [4.78, 5) is 7.03. The second-order valence-corrected chi connectivity index (χ2v) is 6.81. The molecule has 0 aromatic heterocycles. The number of hydrogen-bond acceptors (Lipinski definition) is 3. The van der Waals surface area contributed by atoms with Crippen molar-refractivity contribution in [2.45, 2.75) is 6.92 Å². The fourth-order valence-corrected chi connectivity index (χ4v) is 3.34. The molecular weight excluding hydrogens is 332 g/mol. The molecule has 3 heteroatoms. The van der Waals surface area contributed by atoms with E-state index >= 15 is 0 Å². The van der Waals surface area contributed by atoms with E-state index in [0.717, 1.165) is 37.6 Å². The Bertz CT molecular complexity index is 911. The topological polar surface area (TPSA) is 24.8 Å². The number of nitrogens with zero attached hydrogens (tertiary/aromatic N) is 2. The highest BCUT2D eigenvalue weighted by atomic mass is 16.5. The Kier molecular flexibility index (Phi) is 5.31. The molecule has 1 saturated heterocycles. The van der Waals surface area contributed by atoms with Gasteiger partial charge in [0.1, 0.15) is 0 Å². The summed E-state index contributed by atoms with van der Waals surface area (Å²) in [6.07, 6.45) is 1.95. The van der Waals surface area contributed by atoms with Crippen LogP contribution in [-0.2, 0) is 4.74 Å². The second-order valence-electron chi connectivity index (χ2n) is 6.81. The molecule has 136 valence electrons. The van der Waals surface area contributed by atoms with E-state index in [2.05, 4.69) is 83.5 Å². The van der Waals surface area contributed by atoms with Crippen molar-refractivity contribution in [3.05, 3.63) is 83.9 Å². The molecule has 0 atom stereocenters. The lowest BCUT2D eigenvalue weighted by Crippen LogP contribution is -2.36. The lowest BCUT2D eigenvalue weighted by Gasteiger charge is -2.29. The second kappa shape index (κ2) is 8.19. The van der Waals surface area contributed by atoms with Crippen molar-refractivity contribution in [1.29, 1.82) is 0 Å². The number of aliphatic imine (C=N–C) groups is 1. The molecule has 0 spiro atoms. The summed E-state index contributed by atoms with van der Waals surface area (Å²) < 4.78 is 5.44. The average molecular weight is 356 g/mol. The van der Waals surface area contributed by atoms with E-state index in [9.17, 15) is 0 Å². The fourth-order valence-electron chi connectivity index (χ4n) is 3.34. The first-order chi connectivity index (χ1) is 13.3. The van der Waals surface area contributed by atoms with Gasteiger partial charge in [-0.05, 0) is 53.4 Å². The van der Waals surface area contributed by atoms with Crippen molar-refractivity contribution in [2.24, 2.45) is 4.99 Å². The summed E-state index contributed by atoms with van der Waals surface area (Å²) in [5, 5.41) is 0. The first-order valence-electron chi connectivity index (χ1n) is 9.42. The monoisotopic (exact) mass is 356 g/mol. The van der Waals surface area contributed by atoms with Gasteiger partial charge in [0.25, 0.3) is 0 Å². The first kappa shape index (κ1) is 17.5. The molecule has 0 unspecified atom stereocenters. The molecule has 27 heavy (non-hydrogen) atoms. The van der Waals surface area contributed by atoms with Gasteiger partial charge in [0, 0.05) is 25.0 Å². The molecule has 3 aromatic carbocycles. The maximum absolute atomic E-state index is 5.44. The number of benzene rings is 3. The molecule has 3 aromatic rings. The zero-order valence-electron chi connectivity index (χ0n) is 15.6. The summed E-state index contributed by atoms with van der Waals surface area (Å²) in [5.41, 5.74) is 7.05. The van der Waals surface area contributed by atoms with E-state index < -0.39 is 0 Å². The van der Waals surface area contributed by atoms with Gasteiger partial charge in [-0.1, -0.05) is 48.5 Å². The Labute approximate surface area is 160 Å². The summed E-state index contributed by atoms with van der Waals surface area (Å²) in [5.74, 6) is 0. The molecule has 0 saturated carbocycles. The summed E-state index contributed by atoms with van der Waals surface area (Å²) in [6, 6.07) is 25.4. The maximum Gasteiger partial charge on any atom is 0.0642 e. The lowest BCUT2D eigenvalue weighted by atomic mass is 10.1. The molecule has 3 nitrogen and oxygen atoms in total. The number of anilines is 1. The van der Waals surface area contributed by atoms with Crippen LogP contribution in [0.15, 0.2) is 77.8 Å². The van der Waals surface area contributed by atoms with Crippen molar-refractivity contribution in [1.82, 2.24) is 0 Å². The predicted molar refractivity (Wildman–Crippen MR) is 113 cm³/mol. The van der Waals surface area contributed by atoms with E-state index in [0.29, 0.717) is 0 Å². The van der Waals surface area contributed by atoms with Gasteiger partial charge < -0.3 is 9.64 Å². The molecule has 0 aliphatic carbocycles. The zero-order chi connectivity index (χ0) is 18.5. The summed E-state index contributed by atoms with van der Waals surface area (Å²) >= 11 is 0. The molecule has 0 N–H and O–H groups in total. The van der Waals surface area contributed by atoms with Crippen LogP contribution in [-0.4, -0.2) is 32.5 Å². The van der Waals surface area contributed by atoms with Crippen molar-refractivity contribution in [3.8, 4) is 11.1 Å². The standard InChI is InChI=1S/C24H24N2O/c1-19-17-24(26-13-15-27-16-14-26)12-9-22(19)18-25-23-10-7-21(8-11-23)20-5-3-2-4-6-20/h2-12,17-18H,13-16H2,1H3. The minimum absolute atomic E-state index is 0.807. The van der Waals surface area contributed by atoms with Crippen molar-refractivity contribution < 1.29 is 4.74 Å². The Hall–Kier alpha value is -2.91. The van der Waals surface area contributed by atoms with Crippen LogP contribution in [0.1, 0.15) is 11.1 Å². The van der Waals surface area contributed by atoms with Crippen LogP contribution in [0, 0.1) is 6.92 Å². The van der Waals surface area contributed by atoms with Crippen molar-refractivity contribution in [3.63, 3.8) is 0 Å². The summed E-state index contributed by atoms with van der Waals surface area (Å²) in [6.45, 7) is 5.67. The van der Waals surface area contributed by atoms with Gasteiger partial charge in [0.2, 0.25) is 0 Å². The van der Waals surface area contributed by atoms with Crippen LogP contribution >= 0.6 is 0 Å². The zero-order valence-corrected chi connectivity index (χ0v) is 15.6. The molecule has 0 amide bonds.